The van der Waals surface area contributed by atoms with Gasteiger partial charge in [-0.1, -0.05) is 12.1 Å². The Morgan fingerprint density at radius 3 is 2.92 bits per heavy atom. The van der Waals surface area contributed by atoms with E-state index in [4.69, 9.17) is 9.47 Å². The Morgan fingerprint density at radius 2 is 2.17 bits per heavy atom. The zero-order chi connectivity index (χ0) is 17.4. The van der Waals surface area contributed by atoms with Crippen molar-refractivity contribution >= 4 is 12.0 Å². The van der Waals surface area contributed by atoms with Crippen molar-refractivity contribution in [1.82, 2.24) is 10.2 Å². The predicted molar refractivity (Wildman–Crippen MR) is 90.9 cm³/mol. The first kappa shape index (κ1) is 18.1. The molecule has 1 aliphatic rings. The van der Waals surface area contributed by atoms with Crippen LogP contribution in [0.2, 0.25) is 0 Å². The Hall–Kier alpha value is -2.24. The van der Waals surface area contributed by atoms with Crippen molar-refractivity contribution in [2.24, 2.45) is 0 Å². The molecule has 0 bridgehead atoms. The number of rotatable bonds is 6. The monoisotopic (exact) mass is 334 g/mol. The fraction of sp³-hybridized carbons (Fsp3) is 0.556. The molecule has 0 aromatic heterocycles. The lowest BCUT2D eigenvalue weighted by Gasteiger charge is -2.36. The van der Waals surface area contributed by atoms with Crippen LogP contribution in [0.4, 0.5) is 4.79 Å². The van der Waals surface area contributed by atoms with E-state index in [9.17, 15) is 9.59 Å². The van der Waals surface area contributed by atoms with E-state index < -0.39 is 0 Å². The van der Waals surface area contributed by atoms with Gasteiger partial charge >= 0.3 is 12.0 Å². The van der Waals surface area contributed by atoms with Crippen LogP contribution in [0.3, 0.4) is 0 Å². The number of benzene rings is 1. The molecule has 1 atom stereocenters. The van der Waals surface area contributed by atoms with Gasteiger partial charge in [-0.05, 0) is 43.9 Å². The second-order valence-corrected chi connectivity index (χ2v) is 5.77. The number of piperidine rings is 1. The molecule has 0 unspecified atom stereocenters. The average molecular weight is 334 g/mol. The van der Waals surface area contributed by atoms with Gasteiger partial charge in [0.25, 0.3) is 0 Å². The quantitative estimate of drug-likeness (QED) is 0.812. The van der Waals surface area contributed by atoms with Gasteiger partial charge in [-0.15, -0.1) is 0 Å². The molecule has 6 nitrogen and oxygen atoms in total. The van der Waals surface area contributed by atoms with Gasteiger partial charge in [0, 0.05) is 13.1 Å². The summed E-state index contributed by atoms with van der Waals surface area (Å²) in [7, 11) is 1.64. The summed E-state index contributed by atoms with van der Waals surface area (Å²) in [5.74, 6) is 0.501. The van der Waals surface area contributed by atoms with Gasteiger partial charge in [0.2, 0.25) is 0 Å². The van der Waals surface area contributed by atoms with E-state index in [0.717, 1.165) is 30.6 Å². The van der Waals surface area contributed by atoms with Crippen LogP contribution >= 0.6 is 0 Å². The number of methoxy groups -OCH3 is 1. The van der Waals surface area contributed by atoms with Crippen molar-refractivity contribution in [2.75, 3.05) is 26.8 Å². The van der Waals surface area contributed by atoms with Gasteiger partial charge in [0.1, 0.15) is 5.75 Å². The number of hydrogen-bond donors (Lipinski definition) is 1. The number of carbonyl (C=O) groups excluding carboxylic acids is 2. The third-order valence-electron chi connectivity index (χ3n) is 4.15. The van der Waals surface area contributed by atoms with Gasteiger partial charge < -0.3 is 19.7 Å². The molecule has 0 aliphatic carbocycles. The first-order chi connectivity index (χ1) is 11.7. The highest BCUT2D eigenvalue weighted by Crippen LogP contribution is 2.32. The summed E-state index contributed by atoms with van der Waals surface area (Å²) in [6, 6.07) is 7.75. The summed E-state index contributed by atoms with van der Waals surface area (Å²) < 4.78 is 10.2. The summed E-state index contributed by atoms with van der Waals surface area (Å²) in [5.41, 5.74) is 1.08. The highest BCUT2D eigenvalue weighted by Gasteiger charge is 2.28. The van der Waals surface area contributed by atoms with Crippen LogP contribution in [0.5, 0.6) is 5.75 Å². The van der Waals surface area contributed by atoms with E-state index in [2.05, 4.69) is 5.32 Å². The van der Waals surface area contributed by atoms with E-state index in [1.165, 1.54) is 0 Å². The molecule has 1 aromatic carbocycles. The third kappa shape index (κ3) is 4.88. The molecule has 0 saturated carbocycles. The van der Waals surface area contributed by atoms with E-state index >= 15 is 0 Å². The second kappa shape index (κ2) is 9.15. The largest absolute Gasteiger partial charge is 0.497 e. The third-order valence-corrected chi connectivity index (χ3v) is 4.15. The molecule has 1 fully saturated rings. The molecule has 0 spiro atoms. The number of nitrogens with one attached hydrogen (secondary N) is 1. The van der Waals surface area contributed by atoms with Crippen LogP contribution in [0.15, 0.2) is 24.3 Å². The number of likely N-dealkylation sites (tertiary alicyclic amines) is 1. The fourth-order valence-corrected chi connectivity index (χ4v) is 2.98. The smallest absolute Gasteiger partial charge is 0.317 e. The topological polar surface area (TPSA) is 67.9 Å². The number of amides is 2. The standard InChI is InChI=1S/C18H26N2O4/c1-3-24-17(21)10-11-19-18(22)20-12-5-4-9-16(20)14-7-6-8-15(13-14)23-2/h6-8,13,16H,3-5,9-12H2,1-2H3,(H,19,22)/t16-/m1/s1. The Kier molecular flexibility index (Phi) is 6.90. The van der Waals surface area contributed by atoms with Gasteiger partial charge in [0.05, 0.1) is 26.2 Å². The molecule has 1 heterocycles. The second-order valence-electron chi connectivity index (χ2n) is 5.77. The van der Waals surface area contributed by atoms with E-state index in [-0.39, 0.29) is 24.5 Å². The summed E-state index contributed by atoms with van der Waals surface area (Å²) in [4.78, 5) is 25.7. The number of ether oxygens (including phenoxy) is 2. The lowest BCUT2D eigenvalue weighted by molar-refractivity contribution is -0.142. The molecule has 2 amide bonds. The predicted octanol–water partition coefficient (Wildman–Crippen LogP) is 2.89. The summed E-state index contributed by atoms with van der Waals surface area (Å²) in [6.07, 6.45) is 3.20. The van der Waals surface area contributed by atoms with Crippen LogP contribution in [0.1, 0.15) is 44.2 Å². The maximum atomic E-state index is 12.5. The van der Waals surface area contributed by atoms with Gasteiger partial charge in [-0.25, -0.2) is 4.79 Å². The molecule has 6 heteroatoms. The normalized spacial score (nSPS) is 17.2. The first-order valence-electron chi connectivity index (χ1n) is 8.49. The molecule has 0 radical (unpaired) electrons. The Labute approximate surface area is 143 Å². The van der Waals surface area contributed by atoms with Gasteiger partial charge in [-0.3, -0.25) is 4.79 Å². The van der Waals surface area contributed by atoms with Crippen molar-refractivity contribution in [3.05, 3.63) is 29.8 Å². The maximum Gasteiger partial charge on any atom is 0.317 e. The fourth-order valence-electron chi connectivity index (χ4n) is 2.98. The summed E-state index contributed by atoms with van der Waals surface area (Å²) >= 11 is 0. The van der Waals surface area contributed by atoms with Crippen molar-refractivity contribution in [3.8, 4) is 5.75 Å². The zero-order valence-corrected chi connectivity index (χ0v) is 14.4. The minimum atomic E-state index is -0.291. The molecule has 24 heavy (non-hydrogen) atoms. The first-order valence-corrected chi connectivity index (χ1v) is 8.49. The van der Waals surface area contributed by atoms with Crippen LogP contribution < -0.4 is 10.1 Å². The Morgan fingerprint density at radius 1 is 1.33 bits per heavy atom. The highest BCUT2D eigenvalue weighted by atomic mass is 16.5. The summed E-state index contributed by atoms with van der Waals surface area (Å²) in [5, 5.41) is 2.82. The number of hydrogen-bond acceptors (Lipinski definition) is 4. The van der Waals surface area contributed by atoms with Crippen LogP contribution in [-0.2, 0) is 9.53 Å². The van der Waals surface area contributed by atoms with E-state index in [1.54, 1.807) is 14.0 Å². The van der Waals surface area contributed by atoms with E-state index in [0.29, 0.717) is 19.7 Å². The SMILES string of the molecule is CCOC(=O)CCNC(=O)N1CCCC[C@@H]1c1cccc(OC)c1. The van der Waals surface area contributed by atoms with E-state index in [1.807, 2.05) is 29.2 Å². The van der Waals surface area contributed by atoms with Crippen molar-refractivity contribution < 1.29 is 19.1 Å². The zero-order valence-electron chi connectivity index (χ0n) is 14.4. The number of nitrogens with zero attached hydrogens (tertiary/aromatic N) is 1. The van der Waals surface area contributed by atoms with Crippen molar-refractivity contribution in [1.29, 1.82) is 0 Å². The minimum absolute atomic E-state index is 0.0384. The van der Waals surface area contributed by atoms with Crippen molar-refractivity contribution in [2.45, 2.75) is 38.6 Å². The lowest BCUT2D eigenvalue weighted by Crippen LogP contribution is -2.45. The minimum Gasteiger partial charge on any atom is -0.497 e. The number of carbonyl (C=O) groups is 2. The van der Waals surface area contributed by atoms with Gasteiger partial charge in [-0.2, -0.15) is 0 Å². The number of esters is 1. The average Bonchev–Trinajstić information content (AvgIpc) is 2.62. The molecule has 1 saturated heterocycles. The van der Waals surface area contributed by atoms with Crippen LogP contribution in [0, 0.1) is 0 Å². The summed E-state index contributed by atoms with van der Waals surface area (Å²) in [6.45, 7) is 3.13. The Balaban J connectivity index is 1.97. The molecule has 1 aromatic rings. The van der Waals surface area contributed by atoms with Crippen LogP contribution in [-0.4, -0.2) is 43.7 Å². The van der Waals surface area contributed by atoms with Crippen LogP contribution in [0.25, 0.3) is 0 Å². The molecule has 2 rings (SSSR count). The lowest BCUT2D eigenvalue weighted by atomic mass is 9.95. The molecular weight excluding hydrogens is 308 g/mol. The molecular formula is C18H26N2O4. The highest BCUT2D eigenvalue weighted by molar-refractivity contribution is 5.76. The molecule has 1 aliphatic heterocycles. The molecule has 132 valence electrons. The Bertz CT molecular complexity index is 562. The van der Waals surface area contributed by atoms with Gasteiger partial charge in [0.15, 0.2) is 0 Å². The van der Waals surface area contributed by atoms with Crippen molar-refractivity contribution in [3.63, 3.8) is 0 Å². The maximum absolute atomic E-state index is 12.5. The molecule has 1 N–H and O–H groups in total. The number of urea groups is 1.